The third-order valence-corrected chi connectivity index (χ3v) is 4.15. The second kappa shape index (κ2) is 7.93. The van der Waals surface area contributed by atoms with Gasteiger partial charge in [-0.25, -0.2) is 9.36 Å². The number of carbonyl (C=O) groups is 1. The van der Waals surface area contributed by atoms with Crippen LogP contribution in [0.5, 0.6) is 11.6 Å². The Kier molecular flexibility index (Phi) is 5.54. The van der Waals surface area contributed by atoms with Crippen molar-refractivity contribution in [1.82, 2.24) is 19.0 Å². The van der Waals surface area contributed by atoms with Crippen LogP contribution < -0.4 is 10.4 Å². The number of halogens is 3. The lowest BCUT2D eigenvalue weighted by Crippen LogP contribution is -2.26. The summed E-state index contributed by atoms with van der Waals surface area (Å²) in [6.45, 7) is -0.0217. The molecule has 158 valence electrons. The molecular formula is C19H17F3N4O4. The fraction of sp³-hybridized carbons (Fsp3) is 0.211. The maximum absolute atomic E-state index is 12.8. The van der Waals surface area contributed by atoms with E-state index in [1.165, 1.54) is 40.2 Å². The minimum absolute atomic E-state index is 0.0217. The number of imidazole rings is 1. The predicted octanol–water partition coefficient (Wildman–Crippen LogP) is 2.39. The number of ether oxygens (including phenoxy) is 1. The van der Waals surface area contributed by atoms with Gasteiger partial charge in [0.2, 0.25) is 5.88 Å². The Hall–Kier alpha value is -3.76. The van der Waals surface area contributed by atoms with E-state index in [1.807, 2.05) is 0 Å². The summed E-state index contributed by atoms with van der Waals surface area (Å²) < 4.78 is 42.8. The predicted molar refractivity (Wildman–Crippen MR) is 99.7 cm³/mol. The topological polar surface area (TPSA) is 89.6 Å². The Balaban J connectivity index is 1.93. The molecule has 0 aliphatic rings. The highest BCUT2D eigenvalue weighted by atomic mass is 19.4. The lowest BCUT2D eigenvalue weighted by atomic mass is 10.1. The Bertz CT molecular complexity index is 1120. The number of nitrogens with zero attached hydrogens (tertiary/aromatic N) is 4. The van der Waals surface area contributed by atoms with E-state index in [0.717, 1.165) is 16.7 Å². The molecule has 1 N–H and O–H groups in total. The zero-order valence-corrected chi connectivity index (χ0v) is 15.9. The van der Waals surface area contributed by atoms with Crippen molar-refractivity contribution in [2.45, 2.75) is 12.9 Å². The van der Waals surface area contributed by atoms with Crippen molar-refractivity contribution < 1.29 is 27.8 Å². The summed E-state index contributed by atoms with van der Waals surface area (Å²) in [4.78, 5) is 30.4. The van der Waals surface area contributed by atoms with Crippen molar-refractivity contribution in [3.8, 4) is 17.3 Å². The molecule has 0 saturated heterocycles. The number of carbonyl (C=O) groups excluding carboxylic acids is 1. The molecule has 1 aromatic carbocycles. The first-order valence-corrected chi connectivity index (χ1v) is 8.58. The molecule has 30 heavy (non-hydrogen) atoms. The Morgan fingerprint density at radius 1 is 1.20 bits per heavy atom. The van der Waals surface area contributed by atoms with Gasteiger partial charge in [0.05, 0.1) is 24.0 Å². The molecule has 0 radical (unpaired) electrons. The van der Waals surface area contributed by atoms with Crippen molar-refractivity contribution in [3.63, 3.8) is 0 Å². The van der Waals surface area contributed by atoms with E-state index in [4.69, 9.17) is 0 Å². The summed E-state index contributed by atoms with van der Waals surface area (Å²) in [5.41, 5.74) is 0.314. The molecule has 11 heteroatoms. The monoisotopic (exact) mass is 422 g/mol. The highest BCUT2D eigenvalue weighted by molar-refractivity contribution is 5.95. The van der Waals surface area contributed by atoms with Gasteiger partial charge in [0, 0.05) is 26.5 Å². The first-order valence-electron chi connectivity index (χ1n) is 8.58. The molecule has 8 nitrogen and oxygen atoms in total. The molecule has 1 amide bonds. The highest BCUT2D eigenvalue weighted by Gasteiger charge is 2.31. The maximum Gasteiger partial charge on any atom is 0.573 e. The average molecular weight is 422 g/mol. The van der Waals surface area contributed by atoms with E-state index in [2.05, 4.69) is 9.72 Å². The van der Waals surface area contributed by atoms with Crippen molar-refractivity contribution >= 4 is 5.91 Å². The van der Waals surface area contributed by atoms with Gasteiger partial charge in [-0.05, 0) is 35.9 Å². The lowest BCUT2D eigenvalue weighted by molar-refractivity contribution is -0.274. The van der Waals surface area contributed by atoms with Crippen LogP contribution in [0, 0.1) is 0 Å². The molecule has 0 atom stereocenters. The number of benzene rings is 1. The first kappa shape index (κ1) is 21.0. The van der Waals surface area contributed by atoms with Gasteiger partial charge in [0.15, 0.2) is 0 Å². The Morgan fingerprint density at radius 2 is 1.87 bits per heavy atom. The lowest BCUT2D eigenvalue weighted by Gasteiger charge is -2.13. The Labute approximate surface area is 168 Å². The number of hydrogen-bond donors (Lipinski definition) is 1. The second-order valence-corrected chi connectivity index (χ2v) is 6.51. The van der Waals surface area contributed by atoms with Gasteiger partial charge >= 0.3 is 12.1 Å². The zero-order chi connectivity index (χ0) is 22.1. The molecule has 0 saturated carbocycles. The third-order valence-electron chi connectivity index (χ3n) is 4.15. The molecule has 0 bridgehead atoms. The fourth-order valence-corrected chi connectivity index (χ4v) is 2.81. The minimum atomic E-state index is -4.84. The largest absolute Gasteiger partial charge is 0.573 e. The van der Waals surface area contributed by atoms with Gasteiger partial charge in [-0.3, -0.25) is 14.3 Å². The quantitative estimate of drug-likeness (QED) is 0.682. The summed E-state index contributed by atoms with van der Waals surface area (Å²) >= 11 is 0. The van der Waals surface area contributed by atoms with Gasteiger partial charge in [0.1, 0.15) is 5.75 Å². The number of rotatable bonds is 5. The molecule has 3 aromatic rings. The van der Waals surface area contributed by atoms with Crippen LogP contribution in [0.2, 0.25) is 0 Å². The van der Waals surface area contributed by atoms with Crippen molar-refractivity contribution in [2.75, 3.05) is 14.1 Å². The minimum Gasteiger partial charge on any atom is -0.493 e. The summed E-state index contributed by atoms with van der Waals surface area (Å²) in [7, 11) is 3.17. The smallest absolute Gasteiger partial charge is 0.493 e. The number of pyridine rings is 1. The number of alkyl halides is 3. The van der Waals surface area contributed by atoms with Crippen LogP contribution in [0.25, 0.3) is 5.69 Å². The van der Waals surface area contributed by atoms with Gasteiger partial charge in [0.25, 0.3) is 5.91 Å². The maximum atomic E-state index is 12.8. The summed E-state index contributed by atoms with van der Waals surface area (Å²) in [5, 5.41) is 10.2. The first-order chi connectivity index (χ1) is 14.1. The highest BCUT2D eigenvalue weighted by Crippen LogP contribution is 2.24. The molecule has 2 heterocycles. The van der Waals surface area contributed by atoms with Crippen LogP contribution in [-0.2, 0) is 6.54 Å². The number of amides is 1. The van der Waals surface area contributed by atoms with E-state index in [1.54, 1.807) is 20.2 Å². The molecule has 0 unspecified atom stereocenters. The van der Waals surface area contributed by atoms with Gasteiger partial charge in [-0.1, -0.05) is 0 Å². The van der Waals surface area contributed by atoms with E-state index >= 15 is 0 Å². The van der Waals surface area contributed by atoms with Crippen LogP contribution in [0.3, 0.4) is 0 Å². The SMILES string of the molecule is CN(C)C(=O)c1cnccc1Cn1cc(O)n(-c2ccc(OC(F)(F)F)cc2)c1=O. The average Bonchev–Trinajstić information content (AvgIpc) is 2.94. The Morgan fingerprint density at radius 3 is 2.47 bits per heavy atom. The second-order valence-electron chi connectivity index (χ2n) is 6.51. The van der Waals surface area contributed by atoms with Gasteiger partial charge in [-0.15, -0.1) is 13.2 Å². The van der Waals surface area contributed by atoms with E-state index in [0.29, 0.717) is 11.1 Å². The fourth-order valence-electron chi connectivity index (χ4n) is 2.81. The standard InChI is InChI=1S/C19H17F3N4O4/c1-24(2)17(28)15-9-23-8-7-12(15)10-25-11-16(27)26(18(25)29)13-3-5-14(6-4-13)30-19(20,21)22/h3-9,11,27H,10H2,1-2H3. The summed E-state index contributed by atoms with van der Waals surface area (Å²) in [6.07, 6.45) is -0.801. The van der Waals surface area contributed by atoms with Crippen molar-refractivity contribution in [2.24, 2.45) is 0 Å². The van der Waals surface area contributed by atoms with E-state index in [-0.39, 0.29) is 18.1 Å². The van der Waals surface area contributed by atoms with Gasteiger partial charge < -0.3 is 14.7 Å². The summed E-state index contributed by atoms with van der Waals surface area (Å²) in [5.74, 6) is -1.17. The normalized spacial score (nSPS) is 11.4. The summed E-state index contributed by atoms with van der Waals surface area (Å²) in [6, 6.07) is 6.06. The molecule has 0 fully saturated rings. The number of hydrogen-bond acceptors (Lipinski definition) is 5. The van der Waals surface area contributed by atoms with E-state index < -0.39 is 23.7 Å². The molecular weight excluding hydrogens is 405 g/mol. The van der Waals surface area contributed by atoms with Crippen LogP contribution in [0.15, 0.2) is 53.7 Å². The van der Waals surface area contributed by atoms with Crippen LogP contribution in [0.4, 0.5) is 13.2 Å². The molecule has 0 aliphatic carbocycles. The van der Waals surface area contributed by atoms with Crippen molar-refractivity contribution in [1.29, 1.82) is 0 Å². The number of aromatic hydroxyl groups is 1. The molecule has 3 rings (SSSR count). The molecule has 0 aliphatic heterocycles. The van der Waals surface area contributed by atoms with Crippen LogP contribution in [-0.4, -0.2) is 50.5 Å². The molecule has 2 aromatic heterocycles. The zero-order valence-electron chi connectivity index (χ0n) is 15.9. The van der Waals surface area contributed by atoms with Crippen LogP contribution in [0.1, 0.15) is 15.9 Å². The van der Waals surface area contributed by atoms with Crippen LogP contribution >= 0.6 is 0 Å². The number of aromatic nitrogens is 3. The van der Waals surface area contributed by atoms with Crippen molar-refractivity contribution in [3.05, 3.63) is 70.5 Å². The molecule has 0 spiro atoms. The van der Waals surface area contributed by atoms with E-state index in [9.17, 15) is 27.9 Å². The van der Waals surface area contributed by atoms with Gasteiger partial charge in [-0.2, -0.15) is 0 Å². The third kappa shape index (κ3) is 4.45.